The molecule has 0 aromatic carbocycles. The van der Waals surface area contributed by atoms with Crippen molar-refractivity contribution < 1.29 is 0 Å². The lowest BCUT2D eigenvalue weighted by Crippen LogP contribution is -2.47. The van der Waals surface area contributed by atoms with Gasteiger partial charge in [-0.3, -0.25) is 0 Å². The second-order valence-electron chi connectivity index (χ2n) is 4.46. The van der Waals surface area contributed by atoms with E-state index in [1.54, 1.807) is 0 Å². The third-order valence-electron chi connectivity index (χ3n) is 3.25. The van der Waals surface area contributed by atoms with Crippen molar-refractivity contribution in [2.75, 3.05) is 0 Å². The molecule has 0 bridgehead atoms. The van der Waals surface area contributed by atoms with Crippen LogP contribution in [0.5, 0.6) is 0 Å². The number of nitrogens with two attached hydrogens (primary N) is 1. The first-order valence-electron chi connectivity index (χ1n) is 5.82. The molecule has 1 heterocycles. The molecule has 1 aliphatic rings. The predicted octanol–water partition coefficient (Wildman–Crippen LogP) is 2.67. The number of rotatable bonds is 3. The lowest BCUT2D eigenvalue weighted by atomic mass is 9.90. The average Bonchev–Trinajstić information content (AvgIpc) is 2.74. The van der Waals surface area contributed by atoms with Crippen LogP contribution in [0, 0.1) is 0 Å². The molecule has 0 saturated heterocycles. The summed E-state index contributed by atoms with van der Waals surface area (Å²) in [6, 6.07) is 5.60. The molecule has 1 fully saturated rings. The minimum absolute atomic E-state index is 0.348. The Bertz CT molecular complexity index is 284. The average molecular weight is 224 g/mol. The molecule has 2 nitrogen and oxygen atoms in total. The van der Waals surface area contributed by atoms with Gasteiger partial charge in [-0.25, -0.2) is 0 Å². The van der Waals surface area contributed by atoms with E-state index in [2.05, 4.69) is 29.8 Å². The van der Waals surface area contributed by atoms with Gasteiger partial charge < -0.3 is 11.1 Å². The Morgan fingerprint density at radius 3 is 2.93 bits per heavy atom. The minimum atomic E-state index is 0.348. The standard InChI is InChI=1S/C12H20N2S/c1-9(12-7-4-8-15-12)14-11-6-3-2-5-10(11)13/h4,7-11,14H,2-3,5-6,13H2,1H3/t9-,10+,11+/m0/s1. The van der Waals surface area contributed by atoms with Crippen molar-refractivity contribution in [3.05, 3.63) is 22.4 Å². The topological polar surface area (TPSA) is 38.0 Å². The highest BCUT2D eigenvalue weighted by atomic mass is 32.1. The van der Waals surface area contributed by atoms with Crippen molar-refractivity contribution in [2.45, 2.75) is 50.7 Å². The summed E-state index contributed by atoms with van der Waals surface area (Å²) in [5.74, 6) is 0. The van der Waals surface area contributed by atoms with E-state index in [9.17, 15) is 0 Å². The fraction of sp³-hybridized carbons (Fsp3) is 0.667. The molecule has 3 heteroatoms. The molecule has 1 aromatic rings. The Labute approximate surface area is 95.9 Å². The first-order chi connectivity index (χ1) is 7.27. The number of thiophene rings is 1. The van der Waals surface area contributed by atoms with E-state index in [0.29, 0.717) is 18.1 Å². The Kier molecular flexibility index (Phi) is 3.78. The van der Waals surface area contributed by atoms with E-state index in [1.807, 2.05) is 11.3 Å². The van der Waals surface area contributed by atoms with Crippen LogP contribution in [0.2, 0.25) is 0 Å². The normalized spacial score (nSPS) is 28.9. The Hall–Kier alpha value is -0.380. The molecule has 0 radical (unpaired) electrons. The van der Waals surface area contributed by atoms with E-state index in [4.69, 9.17) is 5.73 Å². The zero-order valence-corrected chi connectivity index (χ0v) is 10.1. The molecule has 0 aliphatic heterocycles. The van der Waals surface area contributed by atoms with Crippen LogP contribution in [0.15, 0.2) is 17.5 Å². The van der Waals surface area contributed by atoms with Crippen LogP contribution >= 0.6 is 11.3 Å². The van der Waals surface area contributed by atoms with Gasteiger partial charge in [0, 0.05) is 23.0 Å². The molecule has 84 valence electrons. The molecule has 2 rings (SSSR count). The maximum atomic E-state index is 6.12. The zero-order valence-electron chi connectivity index (χ0n) is 9.28. The highest BCUT2D eigenvalue weighted by Gasteiger charge is 2.23. The van der Waals surface area contributed by atoms with Crippen LogP contribution in [-0.4, -0.2) is 12.1 Å². The van der Waals surface area contributed by atoms with E-state index in [-0.39, 0.29) is 0 Å². The van der Waals surface area contributed by atoms with Crippen LogP contribution in [0.1, 0.15) is 43.5 Å². The van der Waals surface area contributed by atoms with Gasteiger partial charge >= 0.3 is 0 Å². The first-order valence-corrected chi connectivity index (χ1v) is 6.70. The smallest absolute Gasteiger partial charge is 0.0388 e. The second kappa shape index (κ2) is 5.10. The van der Waals surface area contributed by atoms with Crippen LogP contribution in [-0.2, 0) is 0 Å². The van der Waals surface area contributed by atoms with Crippen molar-refractivity contribution in [1.82, 2.24) is 5.32 Å². The summed E-state index contributed by atoms with van der Waals surface area (Å²) in [6.45, 7) is 2.23. The van der Waals surface area contributed by atoms with Gasteiger partial charge in [-0.1, -0.05) is 18.9 Å². The van der Waals surface area contributed by atoms with Gasteiger partial charge in [0.1, 0.15) is 0 Å². The summed E-state index contributed by atoms with van der Waals surface area (Å²) >= 11 is 1.82. The van der Waals surface area contributed by atoms with Crippen molar-refractivity contribution in [2.24, 2.45) is 5.73 Å². The fourth-order valence-corrected chi connectivity index (χ4v) is 3.05. The van der Waals surface area contributed by atoms with Gasteiger partial charge in [-0.15, -0.1) is 11.3 Å². The Morgan fingerprint density at radius 1 is 1.47 bits per heavy atom. The van der Waals surface area contributed by atoms with Gasteiger partial charge in [-0.05, 0) is 31.2 Å². The molecular weight excluding hydrogens is 204 g/mol. The lowest BCUT2D eigenvalue weighted by Gasteiger charge is -2.31. The molecule has 15 heavy (non-hydrogen) atoms. The highest BCUT2D eigenvalue weighted by Crippen LogP contribution is 2.23. The monoisotopic (exact) mass is 224 g/mol. The van der Waals surface area contributed by atoms with Crippen LogP contribution in [0.3, 0.4) is 0 Å². The van der Waals surface area contributed by atoms with Gasteiger partial charge in [0.2, 0.25) is 0 Å². The summed E-state index contributed by atoms with van der Waals surface area (Å²) in [5.41, 5.74) is 6.12. The maximum absolute atomic E-state index is 6.12. The van der Waals surface area contributed by atoms with Crippen molar-refractivity contribution in [3.63, 3.8) is 0 Å². The molecule has 1 aliphatic carbocycles. The SMILES string of the molecule is C[C@H](N[C@@H]1CCCC[C@H]1N)c1cccs1. The maximum Gasteiger partial charge on any atom is 0.0388 e. The number of nitrogens with one attached hydrogen (secondary N) is 1. The first kappa shape index (κ1) is 11.1. The molecule has 3 atom stereocenters. The van der Waals surface area contributed by atoms with Gasteiger partial charge in [0.25, 0.3) is 0 Å². The van der Waals surface area contributed by atoms with Gasteiger partial charge in [-0.2, -0.15) is 0 Å². The molecule has 1 aromatic heterocycles. The summed E-state index contributed by atoms with van der Waals surface area (Å²) < 4.78 is 0. The quantitative estimate of drug-likeness (QED) is 0.828. The van der Waals surface area contributed by atoms with Crippen LogP contribution < -0.4 is 11.1 Å². The lowest BCUT2D eigenvalue weighted by molar-refractivity contribution is 0.308. The molecular formula is C12H20N2S. The zero-order chi connectivity index (χ0) is 10.7. The predicted molar refractivity (Wildman–Crippen MR) is 66.1 cm³/mol. The summed E-state index contributed by atoms with van der Waals surface area (Å²) in [4.78, 5) is 1.41. The number of hydrogen-bond acceptors (Lipinski definition) is 3. The molecule has 3 N–H and O–H groups in total. The summed E-state index contributed by atoms with van der Waals surface area (Å²) in [7, 11) is 0. The fourth-order valence-electron chi connectivity index (χ4n) is 2.31. The van der Waals surface area contributed by atoms with Gasteiger partial charge in [0.15, 0.2) is 0 Å². The van der Waals surface area contributed by atoms with Gasteiger partial charge in [0.05, 0.1) is 0 Å². The number of hydrogen-bond donors (Lipinski definition) is 2. The minimum Gasteiger partial charge on any atom is -0.326 e. The summed E-state index contributed by atoms with van der Waals surface area (Å²) in [6.07, 6.45) is 5.03. The van der Waals surface area contributed by atoms with E-state index in [1.165, 1.54) is 30.6 Å². The third kappa shape index (κ3) is 2.80. The second-order valence-corrected chi connectivity index (χ2v) is 5.44. The highest BCUT2D eigenvalue weighted by molar-refractivity contribution is 7.10. The summed E-state index contributed by atoms with van der Waals surface area (Å²) in [5, 5.41) is 5.79. The molecule has 0 spiro atoms. The molecule has 0 amide bonds. The third-order valence-corrected chi connectivity index (χ3v) is 4.31. The largest absolute Gasteiger partial charge is 0.326 e. The van der Waals surface area contributed by atoms with Crippen molar-refractivity contribution in [3.8, 4) is 0 Å². The van der Waals surface area contributed by atoms with Crippen LogP contribution in [0.4, 0.5) is 0 Å². The van der Waals surface area contributed by atoms with E-state index >= 15 is 0 Å². The van der Waals surface area contributed by atoms with Crippen molar-refractivity contribution >= 4 is 11.3 Å². The van der Waals surface area contributed by atoms with Crippen molar-refractivity contribution in [1.29, 1.82) is 0 Å². The molecule has 1 saturated carbocycles. The van der Waals surface area contributed by atoms with E-state index in [0.717, 1.165) is 0 Å². The Morgan fingerprint density at radius 2 is 2.27 bits per heavy atom. The Balaban J connectivity index is 1.90. The van der Waals surface area contributed by atoms with E-state index < -0.39 is 0 Å². The van der Waals surface area contributed by atoms with Crippen LogP contribution in [0.25, 0.3) is 0 Å². The molecule has 0 unspecified atom stereocenters.